The number of hydrogen-bond donors (Lipinski definition) is 1. The second-order valence-corrected chi connectivity index (χ2v) is 3.41. The molecule has 1 N–H and O–H groups in total. The third-order valence-electron chi connectivity index (χ3n) is 2.07. The summed E-state index contributed by atoms with van der Waals surface area (Å²) >= 11 is 0. The van der Waals surface area contributed by atoms with Crippen molar-refractivity contribution < 1.29 is 0 Å². The summed E-state index contributed by atoms with van der Waals surface area (Å²) in [6, 6.07) is 1.91. The van der Waals surface area contributed by atoms with Crippen LogP contribution in [-0.2, 0) is 13.5 Å². The number of anilines is 1. The van der Waals surface area contributed by atoms with Gasteiger partial charge in [-0.3, -0.25) is 4.68 Å². The lowest BCUT2D eigenvalue weighted by Crippen LogP contribution is -2.08. The molecule has 0 aliphatic rings. The molecule has 0 aromatic carbocycles. The number of nitrogens with zero attached hydrogens (tertiary/aromatic N) is 6. The van der Waals surface area contributed by atoms with E-state index in [9.17, 15) is 0 Å². The van der Waals surface area contributed by atoms with E-state index in [4.69, 9.17) is 5.26 Å². The Labute approximate surface area is 98.2 Å². The molecule has 17 heavy (non-hydrogen) atoms. The summed E-state index contributed by atoms with van der Waals surface area (Å²) in [6.07, 6.45) is 5.34. The maximum Gasteiger partial charge on any atom is 0.158 e. The molecule has 7 heteroatoms. The second-order valence-electron chi connectivity index (χ2n) is 3.41. The van der Waals surface area contributed by atoms with Gasteiger partial charge in [-0.2, -0.15) is 10.4 Å². The van der Waals surface area contributed by atoms with Gasteiger partial charge in [0.05, 0.1) is 12.4 Å². The predicted octanol–water partition coefficient (Wildman–Crippen LogP) is 0.131. The Kier molecular flexibility index (Phi) is 3.25. The van der Waals surface area contributed by atoms with Gasteiger partial charge in [-0.25, -0.2) is 15.0 Å². The van der Waals surface area contributed by atoms with E-state index in [1.54, 1.807) is 11.0 Å². The first-order valence-electron chi connectivity index (χ1n) is 5.08. The van der Waals surface area contributed by atoms with Gasteiger partial charge in [0.2, 0.25) is 0 Å². The topological polar surface area (TPSA) is 92.3 Å². The van der Waals surface area contributed by atoms with Crippen LogP contribution in [-0.4, -0.2) is 31.3 Å². The molecule has 7 nitrogen and oxygen atoms in total. The molecular weight excluding hydrogens is 218 g/mol. The Morgan fingerprint density at radius 3 is 2.82 bits per heavy atom. The average molecular weight is 229 g/mol. The molecule has 0 aliphatic carbocycles. The van der Waals surface area contributed by atoms with Crippen LogP contribution >= 0.6 is 0 Å². The lowest BCUT2D eigenvalue weighted by atomic mass is 10.4. The van der Waals surface area contributed by atoms with Gasteiger partial charge < -0.3 is 5.32 Å². The van der Waals surface area contributed by atoms with E-state index in [1.165, 1.54) is 12.4 Å². The molecule has 2 aromatic rings. The van der Waals surface area contributed by atoms with Crippen molar-refractivity contribution >= 4 is 5.82 Å². The maximum atomic E-state index is 8.56. The normalized spacial score (nSPS) is 9.88. The summed E-state index contributed by atoms with van der Waals surface area (Å²) in [6.45, 7) is 0.671. The molecule has 0 fully saturated rings. The van der Waals surface area contributed by atoms with Gasteiger partial charge >= 0.3 is 0 Å². The number of nitrogens with one attached hydrogen (secondary N) is 1. The van der Waals surface area contributed by atoms with Gasteiger partial charge in [-0.1, -0.05) is 0 Å². The van der Waals surface area contributed by atoms with Gasteiger partial charge in [0.15, 0.2) is 11.5 Å². The van der Waals surface area contributed by atoms with Gasteiger partial charge in [-0.15, -0.1) is 0 Å². The minimum atomic E-state index is 0.307. The molecule has 0 radical (unpaired) electrons. The first-order chi connectivity index (χ1) is 8.28. The van der Waals surface area contributed by atoms with Gasteiger partial charge in [0.25, 0.3) is 0 Å². The van der Waals surface area contributed by atoms with E-state index in [2.05, 4.69) is 25.4 Å². The fraction of sp³-hybridized carbons (Fsp3) is 0.300. The zero-order chi connectivity index (χ0) is 12.1. The van der Waals surface area contributed by atoms with Crippen LogP contribution in [0, 0.1) is 11.3 Å². The molecule has 0 aliphatic heterocycles. The highest BCUT2D eigenvalue weighted by atomic mass is 15.3. The number of aryl methyl sites for hydroxylation is 1. The van der Waals surface area contributed by atoms with Crippen molar-refractivity contribution in [1.29, 1.82) is 5.26 Å². The highest BCUT2D eigenvalue weighted by molar-refractivity contribution is 5.33. The summed E-state index contributed by atoms with van der Waals surface area (Å²) < 4.78 is 1.66. The Bertz CT molecular complexity index is 522. The fourth-order valence-electron chi connectivity index (χ4n) is 1.28. The lowest BCUT2D eigenvalue weighted by molar-refractivity contribution is 0.741. The minimum absolute atomic E-state index is 0.307. The highest BCUT2D eigenvalue weighted by Crippen LogP contribution is 2.00. The van der Waals surface area contributed by atoms with Crippen molar-refractivity contribution in [3.05, 3.63) is 30.2 Å². The standard InChI is InChI=1S/C10H11N7/c1-17-7-15-9(16-17)2-3-12-10-6-13-8(4-11)5-14-10/h5-7H,2-3H2,1H3,(H,12,14). The number of aromatic nitrogens is 5. The molecule has 0 saturated carbocycles. The summed E-state index contributed by atoms with van der Waals surface area (Å²) in [7, 11) is 1.83. The van der Waals surface area contributed by atoms with Crippen molar-refractivity contribution in [1.82, 2.24) is 24.7 Å². The Hall–Kier alpha value is -2.49. The average Bonchev–Trinajstić information content (AvgIpc) is 2.76. The first-order valence-corrected chi connectivity index (χ1v) is 5.08. The molecular formula is C10H11N7. The molecule has 0 unspecified atom stereocenters. The monoisotopic (exact) mass is 229 g/mol. The summed E-state index contributed by atoms with van der Waals surface area (Å²) in [5.74, 6) is 1.42. The third-order valence-corrected chi connectivity index (χ3v) is 2.07. The SMILES string of the molecule is Cn1cnc(CCNc2cnc(C#N)cn2)n1. The van der Waals surface area contributed by atoms with E-state index in [-0.39, 0.29) is 0 Å². The number of nitriles is 1. The Balaban J connectivity index is 1.84. The van der Waals surface area contributed by atoms with Crippen LogP contribution in [0.1, 0.15) is 11.5 Å². The van der Waals surface area contributed by atoms with Crippen LogP contribution in [0.15, 0.2) is 18.7 Å². The molecule has 0 bridgehead atoms. The van der Waals surface area contributed by atoms with Gasteiger partial charge in [-0.05, 0) is 0 Å². The van der Waals surface area contributed by atoms with Crippen molar-refractivity contribution in [2.24, 2.45) is 7.05 Å². The smallest absolute Gasteiger partial charge is 0.158 e. The zero-order valence-electron chi connectivity index (χ0n) is 9.33. The maximum absolute atomic E-state index is 8.56. The molecule has 0 amide bonds. The summed E-state index contributed by atoms with van der Waals surface area (Å²) in [5, 5.41) is 15.8. The van der Waals surface area contributed by atoms with Crippen LogP contribution in [0.2, 0.25) is 0 Å². The van der Waals surface area contributed by atoms with Gasteiger partial charge in [0, 0.05) is 20.0 Å². The number of hydrogen-bond acceptors (Lipinski definition) is 6. The van der Waals surface area contributed by atoms with Crippen LogP contribution in [0.5, 0.6) is 0 Å². The molecule has 2 heterocycles. The lowest BCUT2D eigenvalue weighted by Gasteiger charge is -2.02. The second kappa shape index (κ2) is 5.03. The molecule has 0 saturated heterocycles. The van der Waals surface area contributed by atoms with E-state index in [1.807, 2.05) is 13.1 Å². The third kappa shape index (κ3) is 2.98. The van der Waals surface area contributed by atoms with Crippen molar-refractivity contribution in [3.8, 4) is 6.07 Å². The van der Waals surface area contributed by atoms with Crippen LogP contribution in [0.25, 0.3) is 0 Å². The minimum Gasteiger partial charge on any atom is -0.368 e. The molecule has 0 spiro atoms. The van der Waals surface area contributed by atoms with Crippen LogP contribution in [0.4, 0.5) is 5.82 Å². The van der Waals surface area contributed by atoms with E-state index in [0.29, 0.717) is 24.5 Å². The van der Waals surface area contributed by atoms with E-state index < -0.39 is 0 Å². The summed E-state index contributed by atoms with van der Waals surface area (Å²) in [5.41, 5.74) is 0.307. The molecule has 2 rings (SSSR count). The zero-order valence-corrected chi connectivity index (χ0v) is 9.33. The summed E-state index contributed by atoms with van der Waals surface area (Å²) in [4.78, 5) is 12.1. The Morgan fingerprint density at radius 2 is 2.24 bits per heavy atom. The van der Waals surface area contributed by atoms with Crippen molar-refractivity contribution in [2.45, 2.75) is 6.42 Å². The fourth-order valence-corrected chi connectivity index (χ4v) is 1.28. The van der Waals surface area contributed by atoms with Crippen molar-refractivity contribution in [2.75, 3.05) is 11.9 Å². The quantitative estimate of drug-likeness (QED) is 0.801. The Morgan fingerprint density at radius 1 is 1.35 bits per heavy atom. The van der Waals surface area contributed by atoms with Crippen LogP contribution in [0.3, 0.4) is 0 Å². The molecule has 2 aromatic heterocycles. The predicted molar refractivity (Wildman–Crippen MR) is 59.9 cm³/mol. The van der Waals surface area contributed by atoms with Crippen molar-refractivity contribution in [3.63, 3.8) is 0 Å². The number of rotatable bonds is 4. The van der Waals surface area contributed by atoms with Gasteiger partial charge in [0.1, 0.15) is 18.2 Å². The molecule has 86 valence electrons. The van der Waals surface area contributed by atoms with E-state index in [0.717, 1.165) is 5.82 Å². The van der Waals surface area contributed by atoms with E-state index >= 15 is 0 Å². The first kappa shape index (κ1) is 11.0. The molecule has 0 atom stereocenters. The highest BCUT2D eigenvalue weighted by Gasteiger charge is 1.99. The van der Waals surface area contributed by atoms with Crippen LogP contribution < -0.4 is 5.32 Å². The largest absolute Gasteiger partial charge is 0.368 e.